The van der Waals surface area contributed by atoms with Crippen LogP contribution in [0.3, 0.4) is 0 Å². The van der Waals surface area contributed by atoms with Crippen LogP contribution in [0.4, 0.5) is 0 Å². The highest BCUT2D eigenvalue weighted by Gasteiger charge is 2.19. The molecular weight excluding hydrogens is 138 g/mol. The van der Waals surface area contributed by atoms with E-state index in [-0.39, 0.29) is 6.10 Å². The fraction of sp³-hybridized carbons (Fsp3) is 1.00. The van der Waals surface area contributed by atoms with Crippen molar-refractivity contribution in [2.45, 2.75) is 44.2 Å². The van der Waals surface area contributed by atoms with Gasteiger partial charge in [-0.1, -0.05) is 12.8 Å². The molecule has 11 heavy (non-hydrogen) atoms. The Morgan fingerprint density at radius 3 is 2.45 bits per heavy atom. The van der Waals surface area contributed by atoms with E-state index in [1.165, 1.54) is 19.3 Å². The van der Waals surface area contributed by atoms with Crippen molar-refractivity contribution in [2.24, 2.45) is 0 Å². The largest absolute Gasteiger partial charge is 0.393 e. The van der Waals surface area contributed by atoms with E-state index >= 15 is 0 Å². The maximum Gasteiger partial charge on any atom is 0.0555 e. The molecule has 1 fully saturated rings. The fourth-order valence-electron chi connectivity index (χ4n) is 1.78. The van der Waals surface area contributed by atoms with E-state index in [1.54, 1.807) is 0 Å². The first-order valence-corrected chi connectivity index (χ1v) is 4.54. The molecule has 2 nitrogen and oxygen atoms in total. The first-order valence-electron chi connectivity index (χ1n) is 4.54. The van der Waals surface area contributed by atoms with Gasteiger partial charge in [0.25, 0.3) is 0 Å². The van der Waals surface area contributed by atoms with Gasteiger partial charge in [0, 0.05) is 6.04 Å². The van der Waals surface area contributed by atoms with E-state index in [9.17, 15) is 5.11 Å². The lowest BCUT2D eigenvalue weighted by Gasteiger charge is -2.23. The summed E-state index contributed by atoms with van der Waals surface area (Å²) in [6.07, 6.45) is 5.65. The lowest BCUT2D eigenvalue weighted by molar-refractivity contribution is 0.125. The molecule has 2 heteroatoms. The third-order valence-corrected chi connectivity index (χ3v) is 2.60. The maximum absolute atomic E-state index is 9.48. The predicted octanol–water partition coefficient (Wildman–Crippen LogP) is 1.24. The van der Waals surface area contributed by atoms with Crippen LogP contribution in [0, 0.1) is 0 Å². The molecule has 66 valence electrons. The molecule has 0 unspecified atom stereocenters. The van der Waals surface area contributed by atoms with Crippen molar-refractivity contribution < 1.29 is 5.11 Å². The minimum atomic E-state index is -0.0510. The molecule has 0 radical (unpaired) electrons. The summed E-state index contributed by atoms with van der Waals surface area (Å²) in [6, 6.07) is 0.604. The number of rotatable bonds is 1. The minimum absolute atomic E-state index is 0.0510. The lowest BCUT2D eigenvalue weighted by atomic mass is 10.1. The van der Waals surface area contributed by atoms with Gasteiger partial charge in [0.05, 0.1) is 6.10 Å². The van der Waals surface area contributed by atoms with Gasteiger partial charge in [0.1, 0.15) is 0 Å². The molecule has 1 rings (SSSR count). The van der Waals surface area contributed by atoms with Crippen LogP contribution < -0.4 is 0 Å². The normalized spacial score (nSPS) is 33.8. The van der Waals surface area contributed by atoms with Crippen LogP contribution in [0.15, 0.2) is 0 Å². The van der Waals surface area contributed by atoms with Crippen molar-refractivity contribution in [1.29, 1.82) is 0 Å². The number of nitrogens with zero attached hydrogens (tertiary/aromatic N) is 1. The van der Waals surface area contributed by atoms with Crippen molar-refractivity contribution in [3.05, 3.63) is 0 Å². The van der Waals surface area contributed by atoms with Gasteiger partial charge in [0.15, 0.2) is 0 Å². The minimum Gasteiger partial charge on any atom is -0.393 e. The smallest absolute Gasteiger partial charge is 0.0555 e. The van der Waals surface area contributed by atoms with E-state index in [2.05, 4.69) is 19.0 Å². The van der Waals surface area contributed by atoms with Gasteiger partial charge in [-0.15, -0.1) is 0 Å². The first kappa shape index (κ1) is 9.01. The van der Waals surface area contributed by atoms with Crippen LogP contribution in [0.1, 0.15) is 32.1 Å². The van der Waals surface area contributed by atoms with Crippen LogP contribution in [-0.4, -0.2) is 36.2 Å². The van der Waals surface area contributed by atoms with Crippen molar-refractivity contribution in [1.82, 2.24) is 4.90 Å². The molecule has 0 aromatic carbocycles. The Balaban J connectivity index is 2.39. The average Bonchev–Trinajstić information content (AvgIpc) is 2.13. The summed E-state index contributed by atoms with van der Waals surface area (Å²) in [7, 11) is 4.20. The number of hydrogen-bond donors (Lipinski definition) is 1. The second-order valence-electron chi connectivity index (χ2n) is 3.79. The highest BCUT2D eigenvalue weighted by atomic mass is 16.3. The second kappa shape index (κ2) is 4.07. The molecule has 0 bridgehead atoms. The number of aliphatic hydroxyl groups excluding tert-OH is 1. The highest BCUT2D eigenvalue weighted by molar-refractivity contribution is 4.74. The van der Waals surface area contributed by atoms with E-state index < -0.39 is 0 Å². The van der Waals surface area contributed by atoms with Crippen LogP contribution in [0.5, 0.6) is 0 Å². The van der Waals surface area contributed by atoms with Gasteiger partial charge in [-0.3, -0.25) is 0 Å². The third kappa shape index (κ3) is 2.80. The van der Waals surface area contributed by atoms with Gasteiger partial charge in [0.2, 0.25) is 0 Å². The van der Waals surface area contributed by atoms with Gasteiger partial charge in [-0.2, -0.15) is 0 Å². The zero-order chi connectivity index (χ0) is 8.27. The van der Waals surface area contributed by atoms with Crippen molar-refractivity contribution >= 4 is 0 Å². The summed E-state index contributed by atoms with van der Waals surface area (Å²) in [5, 5.41) is 9.48. The SMILES string of the molecule is CN(C)[C@@H]1CCCC[C@H](O)C1. The molecule has 0 aromatic heterocycles. The molecule has 2 atom stereocenters. The molecule has 1 aliphatic carbocycles. The number of hydrogen-bond acceptors (Lipinski definition) is 2. The quantitative estimate of drug-likeness (QED) is 0.579. The molecular formula is C9H19NO. The number of aliphatic hydroxyl groups is 1. The second-order valence-corrected chi connectivity index (χ2v) is 3.79. The fourth-order valence-corrected chi connectivity index (χ4v) is 1.78. The van der Waals surface area contributed by atoms with E-state index in [4.69, 9.17) is 0 Å². The lowest BCUT2D eigenvalue weighted by Crippen LogP contribution is -2.30. The molecule has 0 aromatic rings. The maximum atomic E-state index is 9.48. The van der Waals surface area contributed by atoms with Gasteiger partial charge < -0.3 is 10.0 Å². The van der Waals surface area contributed by atoms with Gasteiger partial charge in [-0.05, 0) is 33.4 Å². The first-order chi connectivity index (χ1) is 5.20. The standard InChI is InChI=1S/C9H19NO/c1-10(2)8-5-3-4-6-9(11)7-8/h8-9,11H,3-7H2,1-2H3/t8-,9+/m1/s1. The summed E-state index contributed by atoms with van der Waals surface area (Å²) < 4.78 is 0. The molecule has 0 spiro atoms. The Morgan fingerprint density at radius 2 is 1.82 bits per heavy atom. The van der Waals surface area contributed by atoms with Crippen LogP contribution in [-0.2, 0) is 0 Å². The van der Waals surface area contributed by atoms with Crippen LogP contribution >= 0.6 is 0 Å². The topological polar surface area (TPSA) is 23.5 Å². The molecule has 1 aliphatic rings. The molecule has 0 amide bonds. The summed E-state index contributed by atoms with van der Waals surface area (Å²) in [5.41, 5.74) is 0. The molecule has 0 heterocycles. The Labute approximate surface area is 69.2 Å². The van der Waals surface area contributed by atoms with Gasteiger partial charge >= 0.3 is 0 Å². The summed E-state index contributed by atoms with van der Waals surface area (Å²) in [6.45, 7) is 0. The Kier molecular flexibility index (Phi) is 3.34. The van der Waals surface area contributed by atoms with Gasteiger partial charge in [-0.25, -0.2) is 0 Å². The predicted molar refractivity (Wildman–Crippen MR) is 46.6 cm³/mol. The average molecular weight is 157 g/mol. The Hall–Kier alpha value is -0.0800. The molecule has 1 N–H and O–H groups in total. The summed E-state index contributed by atoms with van der Waals surface area (Å²) in [5.74, 6) is 0. The Morgan fingerprint density at radius 1 is 1.18 bits per heavy atom. The highest BCUT2D eigenvalue weighted by Crippen LogP contribution is 2.20. The van der Waals surface area contributed by atoms with Crippen LogP contribution in [0.25, 0.3) is 0 Å². The van der Waals surface area contributed by atoms with Crippen LogP contribution in [0.2, 0.25) is 0 Å². The van der Waals surface area contributed by atoms with E-state index in [0.29, 0.717) is 6.04 Å². The molecule has 1 saturated carbocycles. The zero-order valence-electron chi connectivity index (χ0n) is 7.58. The monoisotopic (exact) mass is 157 g/mol. The summed E-state index contributed by atoms with van der Waals surface area (Å²) >= 11 is 0. The Bertz CT molecular complexity index is 114. The van der Waals surface area contributed by atoms with Crippen molar-refractivity contribution in [3.63, 3.8) is 0 Å². The van der Waals surface area contributed by atoms with E-state index in [0.717, 1.165) is 12.8 Å². The van der Waals surface area contributed by atoms with E-state index in [1.807, 2.05) is 0 Å². The summed E-state index contributed by atoms with van der Waals surface area (Å²) in [4.78, 5) is 2.23. The van der Waals surface area contributed by atoms with Crippen molar-refractivity contribution in [2.75, 3.05) is 14.1 Å². The van der Waals surface area contributed by atoms with Crippen molar-refractivity contribution in [3.8, 4) is 0 Å². The molecule has 0 aliphatic heterocycles. The molecule has 0 saturated heterocycles. The third-order valence-electron chi connectivity index (χ3n) is 2.60. The zero-order valence-corrected chi connectivity index (χ0v) is 7.58.